The van der Waals surface area contributed by atoms with Crippen LogP contribution < -0.4 is 4.74 Å². The van der Waals surface area contributed by atoms with Crippen LogP contribution in [-0.4, -0.2) is 29.8 Å². The zero-order valence-corrected chi connectivity index (χ0v) is 26.4. The van der Waals surface area contributed by atoms with Gasteiger partial charge in [-0.25, -0.2) is 9.59 Å². The van der Waals surface area contributed by atoms with Crippen molar-refractivity contribution in [1.82, 2.24) is 0 Å². The first kappa shape index (κ1) is 33.9. The molecule has 1 unspecified atom stereocenters. The largest absolute Gasteiger partial charge is 0.494 e. The molecule has 0 heterocycles. The molecule has 0 aromatic heterocycles. The van der Waals surface area contributed by atoms with Gasteiger partial charge >= 0.3 is 11.9 Å². The molecule has 232 valence electrons. The normalized spacial score (nSPS) is 11.7. The van der Waals surface area contributed by atoms with Crippen molar-refractivity contribution in [3.63, 3.8) is 0 Å². The van der Waals surface area contributed by atoms with Crippen LogP contribution in [0.3, 0.4) is 0 Å². The number of carbonyl (C=O) groups is 2. The molecular formula is C38H50O5. The Bertz CT molecular complexity index is 1250. The molecule has 0 spiro atoms. The molecular weight excluding hydrogens is 536 g/mol. The predicted molar refractivity (Wildman–Crippen MR) is 176 cm³/mol. The second-order valence-electron chi connectivity index (χ2n) is 11.6. The van der Waals surface area contributed by atoms with Crippen molar-refractivity contribution >= 4 is 11.9 Å². The van der Waals surface area contributed by atoms with E-state index in [4.69, 9.17) is 9.47 Å². The van der Waals surface area contributed by atoms with Crippen LogP contribution in [0.25, 0.3) is 22.3 Å². The summed E-state index contributed by atoms with van der Waals surface area (Å²) in [5, 5.41) is 9.65. The van der Waals surface area contributed by atoms with Crippen LogP contribution in [0.1, 0.15) is 125 Å². The molecule has 0 bridgehead atoms. The summed E-state index contributed by atoms with van der Waals surface area (Å²) in [4.78, 5) is 24.5. The maximum atomic E-state index is 12.7. The second-order valence-corrected chi connectivity index (χ2v) is 11.6. The summed E-state index contributed by atoms with van der Waals surface area (Å²) in [6.07, 6.45) is 15.4. The van der Waals surface area contributed by atoms with Gasteiger partial charge in [-0.05, 0) is 84.8 Å². The number of carboxylic acids is 1. The number of aromatic carboxylic acids is 1. The predicted octanol–water partition coefficient (Wildman–Crippen LogP) is 10.8. The number of hydrogen-bond donors (Lipinski definition) is 1. The zero-order valence-electron chi connectivity index (χ0n) is 26.4. The van der Waals surface area contributed by atoms with Crippen molar-refractivity contribution in [2.24, 2.45) is 0 Å². The highest BCUT2D eigenvalue weighted by atomic mass is 16.5. The minimum atomic E-state index is -0.981. The van der Waals surface area contributed by atoms with Gasteiger partial charge in [-0.3, -0.25) is 0 Å². The summed E-state index contributed by atoms with van der Waals surface area (Å²) in [7, 11) is 0. The highest BCUT2D eigenvalue weighted by molar-refractivity contribution is 5.94. The van der Waals surface area contributed by atoms with E-state index in [0.29, 0.717) is 12.2 Å². The molecule has 0 amide bonds. The quantitative estimate of drug-likeness (QED) is 0.105. The lowest BCUT2D eigenvalue weighted by Crippen LogP contribution is -2.15. The zero-order chi connectivity index (χ0) is 30.9. The highest BCUT2D eigenvalue weighted by Crippen LogP contribution is 2.34. The molecule has 0 aliphatic heterocycles. The molecule has 0 fully saturated rings. The van der Waals surface area contributed by atoms with Crippen LogP contribution >= 0.6 is 0 Å². The number of esters is 1. The van der Waals surface area contributed by atoms with Gasteiger partial charge in [0.25, 0.3) is 0 Å². The van der Waals surface area contributed by atoms with Gasteiger partial charge in [-0.2, -0.15) is 0 Å². The lowest BCUT2D eigenvalue weighted by molar-refractivity contribution is 0.0319. The van der Waals surface area contributed by atoms with E-state index in [1.165, 1.54) is 57.8 Å². The number of rotatable bonds is 20. The Hall–Kier alpha value is -3.60. The number of carboxylic acid groups (broad SMARTS) is 1. The van der Waals surface area contributed by atoms with Crippen LogP contribution in [-0.2, 0) is 4.74 Å². The van der Waals surface area contributed by atoms with E-state index < -0.39 is 5.97 Å². The fourth-order valence-electron chi connectivity index (χ4n) is 5.28. The maximum Gasteiger partial charge on any atom is 0.338 e. The SMILES string of the molecule is CCCCCCCCCCOc1ccc(-c2ccc(C(=O)O)cc2-c2ccc(C(=O)OC(C)CCCCCC)cc2)cc1. The van der Waals surface area contributed by atoms with Gasteiger partial charge in [0.05, 0.1) is 23.8 Å². The van der Waals surface area contributed by atoms with Gasteiger partial charge in [0.2, 0.25) is 0 Å². The third-order valence-corrected chi connectivity index (χ3v) is 7.90. The van der Waals surface area contributed by atoms with Crippen molar-refractivity contribution in [3.8, 4) is 28.0 Å². The molecule has 0 aliphatic rings. The Kier molecular flexibility index (Phi) is 14.8. The lowest BCUT2D eigenvalue weighted by atomic mass is 9.92. The highest BCUT2D eigenvalue weighted by Gasteiger charge is 2.15. The fraction of sp³-hybridized carbons (Fsp3) is 0.474. The maximum absolute atomic E-state index is 12.7. The van der Waals surface area contributed by atoms with E-state index in [1.807, 2.05) is 49.4 Å². The van der Waals surface area contributed by atoms with E-state index in [0.717, 1.165) is 53.7 Å². The van der Waals surface area contributed by atoms with Gasteiger partial charge in [-0.1, -0.05) is 108 Å². The molecule has 3 aromatic carbocycles. The first-order valence-electron chi connectivity index (χ1n) is 16.3. The second kappa shape index (κ2) is 18.8. The third kappa shape index (κ3) is 11.5. The topological polar surface area (TPSA) is 72.8 Å². The lowest BCUT2D eigenvalue weighted by Gasteiger charge is -2.15. The first-order valence-corrected chi connectivity index (χ1v) is 16.3. The summed E-state index contributed by atoms with van der Waals surface area (Å²) < 4.78 is 11.6. The van der Waals surface area contributed by atoms with Crippen molar-refractivity contribution in [1.29, 1.82) is 0 Å². The Morgan fingerprint density at radius 1 is 0.651 bits per heavy atom. The monoisotopic (exact) mass is 586 g/mol. The van der Waals surface area contributed by atoms with Crippen molar-refractivity contribution in [2.45, 2.75) is 110 Å². The van der Waals surface area contributed by atoms with Crippen LogP contribution in [0.15, 0.2) is 66.7 Å². The number of hydrogen-bond acceptors (Lipinski definition) is 4. The van der Waals surface area contributed by atoms with Gasteiger partial charge in [0.15, 0.2) is 0 Å². The summed E-state index contributed by atoms with van der Waals surface area (Å²) in [6.45, 7) is 7.07. The van der Waals surface area contributed by atoms with E-state index in [2.05, 4.69) is 13.8 Å². The molecule has 5 nitrogen and oxygen atoms in total. The minimum Gasteiger partial charge on any atom is -0.494 e. The molecule has 43 heavy (non-hydrogen) atoms. The van der Waals surface area contributed by atoms with Crippen molar-refractivity contribution in [2.75, 3.05) is 6.61 Å². The fourth-order valence-corrected chi connectivity index (χ4v) is 5.28. The summed E-state index contributed by atoms with van der Waals surface area (Å²) in [5.74, 6) is -0.486. The number of benzene rings is 3. The third-order valence-electron chi connectivity index (χ3n) is 7.90. The van der Waals surface area contributed by atoms with Gasteiger partial charge < -0.3 is 14.6 Å². The molecule has 0 radical (unpaired) electrons. The van der Waals surface area contributed by atoms with Gasteiger partial charge in [-0.15, -0.1) is 0 Å². The summed E-state index contributed by atoms with van der Waals surface area (Å²) >= 11 is 0. The van der Waals surface area contributed by atoms with E-state index >= 15 is 0 Å². The smallest absolute Gasteiger partial charge is 0.338 e. The number of carbonyl (C=O) groups excluding carboxylic acids is 1. The molecule has 3 rings (SSSR count). The Morgan fingerprint density at radius 2 is 1.19 bits per heavy atom. The van der Waals surface area contributed by atoms with E-state index in [9.17, 15) is 14.7 Å². The van der Waals surface area contributed by atoms with Crippen molar-refractivity contribution in [3.05, 3.63) is 77.9 Å². The van der Waals surface area contributed by atoms with Gasteiger partial charge in [0, 0.05) is 0 Å². The van der Waals surface area contributed by atoms with Crippen LogP contribution in [0.5, 0.6) is 5.75 Å². The Morgan fingerprint density at radius 3 is 1.81 bits per heavy atom. The Labute approximate surface area is 258 Å². The molecule has 5 heteroatoms. The summed E-state index contributed by atoms with van der Waals surface area (Å²) in [6, 6.07) is 20.3. The van der Waals surface area contributed by atoms with Crippen LogP contribution in [0.4, 0.5) is 0 Å². The molecule has 1 N–H and O–H groups in total. The van der Waals surface area contributed by atoms with Crippen molar-refractivity contribution < 1.29 is 24.2 Å². The van der Waals surface area contributed by atoms with Crippen LogP contribution in [0, 0.1) is 0 Å². The molecule has 0 saturated carbocycles. The van der Waals surface area contributed by atoms with E-state index in [-0.39, 0.29) is 17.6 Å². The average Bonchev–Trinajstić information content (AvgIpc) is 3.02. The number of unbranched alkanes of at least 4 members (excludes halogenated alkanes) is 10. The molecule has 0 saturated heterocycles. The Balaban J connectivity index is 1.64. The summed E-state index contributed by atoms with van der Waals surface area (Å²) in [5.41, 5.74) is 4.19. The first-order chi connectivity index (χ1) is 20.9. The van der Waals surface area contributed by atoms with Crippen LogP contribution in [0.2, 0.25) is 0 Å². The standard InChI is InChI=1S/C38H50O5/c1-4-6-8-10-11-12-13-15-27-42-34-24-21-30(22-25-34)35-26-23-33(37(39)40)28-36(35)31-17-19-32(20-18-31)38(41)43-29(3)16-14-9-7-5-2/h17-26,28-29H,4-16,27H2,1-3H3,(H,39,40). The van der Waals surface area contributed by atoms with Gasteiger partial charge in [0.1, 0.15) is 5.75 Å². The van der Waals surface area contributed by atoms with E-state index in [1.54, 1.807) is 24.3 Å². The number of ether oxygens (including phenoxy) is 2. The molecule has 3 aromatic rings. The molecule has 1 atom stereocenters. The average molecular weight is 587 g/mol. The minimum absolute atomic E-state index is 0.129. The molecule has 0 aliphatic carbocycles.